The zero-order valence-electron chi connectivity index (χ0n) is 15.0. The number of nitro groups is 1. The standard InChI is InChI=1S/C20H20N4O3/c1-2-22(13-11-16-7-4-3-5-8-16)20(25)19-12-14-23(21-19)17-9-6-10-18(15-17)24(26)27/h3-10,12,14-15H,2,11,13H2,1H3. The molecular formula is C20H20N4O3. The van der Waals surface area contributed by atoms with Crippen LogP contribution in [0.25, 0.3) is 5.69 Å². The van der Waals surface area contributed by atoms with Crippen molar-refractivity contribution in [3.8, 4) is 5.69 Å². The molecule has 0 spiro atoms. The minimum atomic E-state index is -0.457. The molecule has 1 heterocycles. The van der Waals surface area contributed by atoms with Gasteiger partial charge in [-0.3, -0.25) is 14.9 Å². The van der Waals surface area contributed by atoms with Gasteiger partial charge >= 0.3 is 0 Å². The lowest BCUT2D eigenvalue weighted by Crippen LogP contribution is -2.33. The van der Waals surface area contributed by atoms with Crippen LogP contribution < -0.4 is 0 Å². The van der Waals surface area contributed by atoms with Gasteiger partial charge in [-0.25, -0.2) is 4.68 Å². The van der Waals surface area contributed by atoms with Crippen molar-refractivity contribution in [2.24, 2.45) is 0 Å². The van der Waals surface area contributed by atoms with Gasteiger partial charge in [-0.15, -0.1) is 0 Å². The Hall–Kier alpha value is -3.48. The highest BCUT2D eigenvalue weighted by molar-refractivity contribution is 5.92. The Bertz CT molecular complexity index is 937. The molecule has 138 valence electrons. The molecule has 0 unspecified atom stereocenters. The second-order valence-corrected chi connectivity index (χ2v) is 6.04. The molecule has 0 aliphatic carbocycles. The summed E-state index contributed by atoms with van der Waals surface area (Å²) < 4.78 is 1.48. The number of nitrogens with zero attached hydrogens (tertiary/aromatic N) is 4. The zero-order valence-corrected chi connectivity index (χ0v) is 15.0. The summed E-state index contributed by atoms with van der Waals surface area (Å²) in [6.07, 6.45) is 2.41. The first-order chi connectivity index (χ1) is 13.1. The molecule has 1 amide bonds. The lowest BCUT2D eigenvalue weighted by atomic mass is 10.1. The molecule has 0 aliphatic heterocycles. The predicted octanol–water partition coefficient (Wildman–Crippen LogP) is 3.49. The fourth-order valence-corrected chi connectivity index (χ4v) is 2.80. The highest BCUT2D eigenvalue weighted by atomic mass is 16.6. The third-order valence-electron chi connectivity index (χ3n) is 4.30. The molecule has 3 aromatic rings. The lowest BCUT2D eigenvalue weighted by Gasteiger charge is -2.19. The van der Waals surface area contributed by atoms with Crippen LogP contribution >= 0.6 is 0 Å². The van der Waals surface area contributed by atoms with Crippen LogP contribution in [0.5, 0.6) is 0 Å². The van der Waals surface area contributed by atoms with Crippen molar-refractivity contribution >= 4 is 11.6 Å². The van der Waals surface area contributed by atoms with Crippen molar-refractivity contribution < 1.29 is 9.72 Å². The van der Waals surface area contributed by atoms with Gasteiger partial charge in [0.25, 0.3) is 11.6 Å². The smallest absolute Gasteiger partial charge is 0.274 e. The van der Waals surface area contributed by atoms with Crippen LogP contribution in [0.1, 0.15) is 23.0 Å². The Kier molecular flexibility index (Phi) is 5.61. The monoisotopic (exact) mass is 364 g/mol. The molecule has 7 heteroatoms. The van der Waals surface area contributed by atoms with Gasteiger partial charge in [-0.2, -0.15) is 5.10 Å². The topological polar surface area (TPSA) is 81.3 Å². The fraction of sp³-hybridized carbons (Fsp3) is 0.200. The third kappa shape index (κ3) is 4.38. The van der Waals surface area contributed by atoms with Crippen LogP contribution in [0.15, 0.2) is 66.9 Å². The quantitative estimate of drug-likeness (QED) is 0.475. The molecule has 0 saturated heterocycles. The van der Waals surface area contributed by atoms with E-state index < -0.39 is 4.92 Å². The van der Waals surface area contributed by atoms with E-state index in [0.29, 0.717) is 24.5 Å². The largest absolute Gasteiger partial charge is 0.337 e. The van der Waals surface area contributed by atoms with E-state index in [4.69, 9.17) is 0 Å². The van der Waals surface area contributed by atoms with Crippen molar-refractivity contribution in [3.05, 3.63) is 88.2 Å². The molecule has 0 bridgehead atoms. The van der Waals surface area contributed by atoms with Crippen LogP contribution in [-0.2, 0) is 6.42 Å². The Morgan fingerprint density at radius 3 is 2.63 bits per heavy atom. The molecule has 0 atom stereocenters. The summed E-state index contributed by atoms with van der Waals surface area (Å²) in [5.74, 6) is -0.155. The molecule has 0 N–H and O–H groups in total. The Labute approximate surface area is 157 Å². The SMILES string of the molecule is CCN(CCc1ccccc1)C(=O)c1ccn(-c2cccc([N+](=O)[O-])c2)n1. The summed E-state index contributed by atoms with van der Waals surface area (Å²) in [5, 5.41) is 15.2. The van der Waals surface area contributed by atoms with Crippen LogP contribution in [0.4, 0.5) is 5.69 Å². The number of aromatic nitrogens is 2. The highest BCUT2D eigenvalue weighted by Gasteiger charge is 2.17. The molecule has 0 radical (unpaired) electrons. The number of likely N-dealkylation sites (N-methyl/N-ethyl adjacent to an activating group) is 1. The van der Waals surface area contributed by atoms with Crippen LogP contribution in [0.2, 0.25) is 0 Å². The fourth-order valence-electron chi connectivity index (χ4n) is 2.80. The van der Waals surface area contributed by atoms with Crippen molar-refractivity contribution in [3.63, 3.8) is 0 Å². The molecule has 7 nitrogen and oxygen atoms in total. The first-order valence-corrected chi connectivity index (χ1v) is 8.72. The average molecular weight is 364 g/mol. The predicted molar refractivity (Wildman–Crippen MR) is 102 cm³/mol. The van der Waals surface area contributed by atoms with Crippen molar-refractivity contribution in [1.29, 1.82) is 0 Å². The Morgan fingerprint density at radius 2 is 1.93 bits per heavy atom. The molecule has 0 fully saturated rings. The number of rotatable bonds is 7. The van der Waals surface area contributed by atoms with Crippen molar-refractivity contribution in [1.82, 2.24) is 14.7 Å². The summed E-state index contributed by atoms with van der Waals surface area (Å²) in [5.41, 5.74) is 2.01. The maximum atomic E-state index is 12.8. The van der Waals surface area contributed by atoms with Gasteiger partial charge in [0.05, 0.1) is 10.6 Å². The summed E-state index contributed by atoms with van der Waals surface area (Å²) in [4.78, 5) is 25.0. The van der Waals surface area contributed by atoms with Crippen LogP contribution in [-0.4, -0.2) is 38.6 Å². The van der Waals surface area contributed by atoms with Crippen molar-refractivity contribution in [2.45, 2.75) is 13.3 Å². The highest BCUT2D eigenvalue weighted by Crippen LogP contribution is 2.17. The van der Waals surface area contributed by atoms with Gasteiger partial charge < -0.3 is 4.90 Å². The van der Waals surface area contributed by atoms with Gasteiger partial charge in [-0.1, -0.05) is 36.4 Å². The van der Waals surface area contributed by atoms with E-state index in [1.165, 1.54) is 22.4 Å². The number of non-ortho nitro benzene ring substituents is 1. The zero-order chi connectivity index (χ0) is 19.2. The Morgan fingerprint density at radius 1 is 1.15 bits per heavy atom. The van der Waals surface area contributed by atoms with E-state index in [1.54, 1.807) is 29.3 Å². The molecular weight excluding hydrogens is 344 g/mol. The lowest BCUT2D eigenvalue weighted by molar-refractivity contribution is -0.384. The summed E-state index contributed by atoms with van der Waals surface area (Å²) >= 11 is 0. The number of hydrogen-bond acceptors (Lipinski definition) is 4. The minimum absolute atomic E-state index is 0.0195. The van der Waals surface area contributed by atoms with Crippen LogP contribution in [0, 0.1) is 10.1 Å². The number of hydrogen-bond donors (Lipinski definition) is 0. The number of carbonyl (C=O) groups is 1. The number of nitro benzene ring substituents is 1. The number of carbonyl (C=O) groups excluding carboxylic acids is 1. The van der Waals surface area contributed by atoms with Gasteiger partial charge in [0, 0.05) is 31.4 Å². The normalized spacial score (nSPS) is 10.6. The maximum Gasteiger partial charge on any atom is 0.274 e. The van der Waals surface area contributed by atoms with Gasteiger partial charge in [0.2, 0.25) is 0 Å². The second kappa shape index (κ2) is 8.27. The van der Waals surface area contributed by atoms with Gasteiger partial charge in [0.15, 0.2) is 5.69 Å². The summed E-state index contributed by atoms with van der Waals surface area (Å²) in [6.45, 7) is 3.11. The van der Waals surface area contributed by atoms with E-state index in [-0.39, 0.29) is 11.6 Å². The van der Waals surface area contributed by atoms with Gasteiger partial charge in [0.1, 0.15) is 0 Å². The molecule has 27 heavy (non-hydrogen) atoms. The van der Waals surface area contributed by atoms with E-state index in [0.717, 1.165) is 6.42 Å². The minimum Gasteiger partial charge on any atom is -0.337 e. The number of benzene rings is 2. The third-order valence-corrected chi connectivity index (χ3v) is 4.30. The second-order valence-electron chi connectivity index (χ2n) is 6.04. The molecule has 2 aromatic carbocycles. The molecule has 1 aromatic heterocycles. The van der Waals surface area contributed by atoms with E-state index in [9.17, 15) is 14.9 Å². The van der Waals surface area contributed by atoms with Crippen molar-refractivity contribution in [2.75, 3.05) is 13.1 Å². The van der Waals surface area contributed by atoms with Crippen LogP contribution in [0.3, 0.4) is 0 Å². The van der Waals surface area contributed by atoms with E-state index in [2.05, 4.69) is 5.10 Å². The molecule has 3 rings (SSSR count). The number of amides is 1. The molecule has 0 aliphatic rings. The maximum absolute atomic E-state index is 12.8. The first-order valence-electron chi connectivity index (χ1n) is 8.72. The molecule has 0 saturated carbocycles. The Balaban J connectivity index is 1.73. The summed E-state index contributed by atoms with van der Waals surface area (Å²) in [7, 11) is 0. The van der Waals surface area contributed by atoms with E-state index in [1.807, 2.05) is 37.3 Å². The van der Waals surface area contributed by atoms with E-state index >= 15 is 0 Å². The first kappa shape index (κ1) is 18.3. The summed E-state index contributed by atoms with van der Waals surface area (Å²) in [6, 6.07) is 17.8. The average Bonchev–Trinajstić information content (AvgIpc) is 3.19. The van der Waals surface area contributed by atoms with Gasteiger partial charge in [-0.05, 0) is 31.0 Å².